The molecule has 0 amide bonds. The SMILES string of the molecule is C.CC.COCCCCc1ccc(F)cc1. The van der Waals surface area contributed by atoms with Gasteiger partial charge in [-0.2, -0.15) is 0 Å². The van der Waals surface area contributed by atoms with Gasteiger partial charge in [-0.15, -0.1) is 0 Å². The quantitative estimate of drug-likeness (QED) is 0.676. The van der Waals surface area contributed by atoms with Gasteiger partial charge in [0, 0.05) is 13.7 Å². The normalized spacial score (nSPS) is 8.75. The first-order valence-electron chi connectivity index (χ1n) is 5.56. The molecular weight excluding hydrogens is 203 g/mol. The maximum Gasteiger partial charge on any atom is 0.123 e. The topological polar surface area (TPSA) is 9.23 Å². The summed E-state index contributed by atoms with van der Waals surface area (Å²) in [6.07, 6.45) is 3.16. The standard InChI is InChI=1S/C11H15FO.C2H6.CH4/c1-13-9-3-2-4-10-5-7-11(12)8-6-10;1-2;/h5-8H,2-4,9H2,1H3;1-2H3;1H4. The average Bonchev–Trinajstić information content (AvgIpc) is 2.30. The number of methoxy groups -OCH3 is 1. The average molecular weight is 228 g/mol. The molecule has 0 unspecified atom stereocenters. The number of unbranched alkanes of at least 4 members (excludes halogenated alkanes) is 1. The highest BCUT2D eigenvalue weighted by molar-refractivity contribution is 5.15. The van der Waals surface area contributed by atoms with Crippen molar-refractivity contribution in [3.05, 3.63) is 35.6 Å². The lowest BCUT2D eigenvalue weighted by Crippen LogP contribution is -1.91. The van der Waals surface area contributed by atoms with E-state index in [0.717, 1.165) is 25.9 Å². The molecule has 2 heteroatoms. The monoisotopic (exact) mass is 228 g/mol. The van der Waals surface area contributed by atoms with E-state index in [9.17, 15) is 4.39 Å². The van der Waals surface area contributed by atoms with Gasteiger partial charge >= 0.3 is 0 Å². The van der Waals surface area contributed by atoms with Gasteiger partial charge in [0.15, 0.2) is 0 Å². The van der Waals surface area contributed by atoms with Crippen molar-refractivity contribution in [2.45, 2.75) is 40.5 Å². The van der Waals surface area contributed by atoms with Crippen molar-refractivity contribution in [1.82, 2.24) is 0 Å². The number of aryl methyl sites for hydroxylation is 1. The summed E-state index contributed by atoms with van der Waals surface area (Å²) in [6.45, 7) is 4.81. The third-order valence-electron chi connectivity index (χ3n) is 1.98. The number of rotatable bonds is 5. The number of ether oxygens (including phenoxy) is 1. The Morgan fingerprint density at radius 2 is 1.62 bits per heavy atom. The molecule has 94 valence electrons. The number of benzene rings is 1. The van der Waals surface area contributed by atoms with Gasteiger partial charge in [-0.3, -0.25) is 0 Å². The van der Waals surface area contributed by atoms with E-state index < -0.39 is 0 Å². The van der Waals surface area contributed by atoms with E-state index in [1.54, 1.807) is 7.11 Å². The maximum absolute atomic E-state index is 12.5. The minimum atomic E-state index is -0.166. The van der Waals surface area contributed by atoms with Gasteiger partial charge in [-0.25, -0.2) is 4.39 Å². The lowest BCUT2D eigenvalue weighted by Gasteiger charge is -2.00. The van der Waals surface area contributed by atoms with Gasteiger partial charge in [-0.1, -0.05) is 33.4 Å². The van der Waals surface area contributed by atoms with Crippen molar-refractivity contribution in [3.63, 3.8) is 0 Å². The fraction of sp³-hybridized carbons (Fsp3) is 0.571. The molecule has 1 aromatic carbocycles. The Kier molecular flexibility index (Phi) is 13.3. The summed E-state index contributed by atoms with van der Waals surface area (Å²) in [4.78, 5) is 0. The molecule has 0 bridgehead atoms. The third-order valence-corrected chi connectivity index (χ3v) is 1.98. The third kappa shape index (κ3) is 8.42. The molecule has 0 aliphatic carbocycles. The smallest absolute Gasteiger partial charge is 0.123 e. The van der Waals surface area contributed by atoms with Gasteiger partial charge in [0.25, 0.3) is 0 Å². The molecular formula is C14H25FO. The fourth-order valence-corrected chi connectivity index (χ4v) is 1.23. The van der Waals surface area contributed by atoms with Crippen LogP contribution in [0.3, 0.4) is 0 Å². The van der Waals surface area contributed by atoms with Gasteiger partial charge in [0.1, 0.15) is 5.82 Å². The first-order valence-corrected chi connectivity index (χ1v) is 5.56. The molecule has 0 fully saturated rings. The summed E-state index contributed by atoms with van der Waals surface area (Å²) >= 11 is 0. The minimum Gasteiger partial charge on any atom is -0.385 e. The molecule has 0 spiro atoms. The molecule has 0 atom stereocenters. The van der Waals surface area contributed by atoms with Crippen LogP contribution >= 0.6 is 0 Å². The Balaban J connectivity index is 0. The van der Waals surface area contributed by atoms with Crippen LogP contribution in [0.1, 0.15) is 39.7 Å². The molecule has 1 nitrogen and oxygen atoms in total. The lowest BCUT2D eigenvalue weighted by atomic mass is 10.1. The zero-order chi connectivity index (χ0) is 11.5. The van der Waals surface area contributed by atoms with E-state index in [-0.39, 0.29) is 13.2 Å². The number of halogens is 1. The highest BCUT2D eigenvalue weighted by atomic mass is 19.1. The van der Waals surface area contributed by atoms with Crippen LogP contribution in [0, 0.1) is 5.82 Å². The first kappa shape index (κ1) is 17.5. The van der Waals surface area contributed by atoms with Crippen LogP contribution in [0.15, 0.2) is 24.3 Å². The molecule has 16 heavy (non-hydrogen) atoms. The molecule has 0 aliphatic rings. The van der Waals surface area contributed by atoms with Crippen molar-refractivity contribution in [2.75, 3.05) is 13.7 Å². The van der Waals surface area contributed by atoms with E-state index in [4.69, 9.17) is 4.74 Å². The molecule has 1 aromatic rings. The molecule has 0 N–H and O–H groups in total. The van der Waals surface area contributed by atoms with Crippen LogP contribution in [0.2, 0.25) is 0 Å². The van der Waals surface area contributed by atoms with Crippen LogP contribution in [-0.4, -0.2) is 13.7 Å². The van der Waals surface area contributed by atoms with E-state index >= 15 is 0 Å². The second kappa shape index (κ2) is 12.2. The summed E-state index contributed by atoms with van der Waals surface area (Å²) in [5, 5.41) is 0. The van der Waals surface area contributed by atoms with Crippen LogP contribution in [-0.2, 0) is 11.2 Å². The van der Waals surface area contributed by atoms with Gasteiger partial charge in [0.05, 0.1) is 0 Å². The van der Waals surface area contributed by atoms with Gasteiger partial charge in [-0.05, 0) is 37.0 Å². The summed E-state index contributed by atoms with van der Waals surface area (Å²) in [5.41, 5.74) is 1.19. The summed E-state index contributed by atoms with van der Waals surface area (Å²) in [7, 11) is 1.71. The van der Waals surface area contributed by atoms with Crippen LogP contribution in [0.25, 0.3) is 0 Å². The largest absolute Gasteiger partial charge is 0.385 e. The predicted octanol–water partition coefficient (Wildman–Crippen LogP) is 4.46. The Labute approximate surface area is 99.6 Å². The molecule has 0 saturated carbocycles. The summed E-state index contributed by atoms with van der Waals surface area (Å²) < 4.78 is 17.4. The van der Waals surface area contributed by atoms with Crippen molar-refractivity contribution in [2.24, 2.45) is 0 Å². The highest BCUT2D eigenvalue weighted by Gasteiger charge is 1.93. The van der Waals surface area contributed by atoms with Crippen molar-refractivity contribution in [1.29, 1.82) is 0 Å². The van der Waals surface area contributed by atoms with Gasteiger partial charge < -0.3 is 4.74 Å². The number of hydrogen-bond acceptors (Lipinski definition) is 1. The minimum absolute atomic E-state index is 0. The summed E-state index contributed by atoms with van der Waals surface area (Å²) in [6, 6.07) is 6.68. The zero-order valence-electron chi connectivity index (χ0n) is 9.92. The first-order chi connectivity index (χ1) is 7.33. The summed E-state index contributed by atoms with van der Waals surface area (Å²) in [5.74, 6) is -0.166. The Morgan fingerprint density at radius 1 is 1.06 bits per heavy atom. The zero-order valence-corrected chi connectivity index (χ0v) is 9.92. The Morgan fingerprint density at radius 3 is 2.12 bits per heavy atom. The Hall–Kier alpha value is -0.890. The van der Waals surface area contributed by atoms with E-state index in [2.05, 4.69) is 0 Å². The maximum atomic E-state index is 12.5. The molecule has 0 aliphatic heterocycles. The molecule has 0 heterocycles. The van der Waals surface area contributed by atoms with Crippen LogP contribution in [0.5, 0.6) is 0 Å². The molecule has 0 aromatic heterocycles. The highest BCUT2D eigenvalue weighted by Crippen LogP contribution is 2.06. The molecule has 0 radical (unpaired) electrons. The van der Waals surface area contributed by atoms with E-state index in [1.807, 2.05) is 26.0 Å². The van der Waals surface area contributed by atoms with E-state index in [0.29, 0.717) is 0 Å². The second-order valence-electron chi connectivity index (χ2n) is 3.08. The van der Waals surface area contributed by atoms with E-state index in [1.165, 1.54) is 17.7 Å². The van der Waals surface area contributed by atoms with Crippen molar-refractivity contribution in [3.8, 4) is 0 Å². The molecule has 1 rings (SSSR count). The van der Waals surface area contributed by atoms with Crippen molar-refractivity contribution >= 4 is 0 Å². The second-order valence-corrected chi connectivity index (χ2v) is 3.08. The van der Waals surface area contributed by atoms with Crippen LogP contribution in [0.4, 0.5) is 4.39 Å². The van der Waals surface area contributed by atoms with Crippen LogP contribution < -0.4 is 0 Å². The van der Waals surface area contributed by atoms with Gasteiger partial charge in [0.2, 0.25) is 0 Å². The number of hydrogen-bond donors (Lipinski definition) is 0. The fourth-order valence-electron chi connectivity index (χ4n) is 1.23. The predicted molar refractivity (Wildman–Crippen MR) is 69.3 cm³/mol. The lowest BCUT2D eigenvalue weighted by molar-refractivity contribution is 0.193. The van der Waals surface area contributed by atoms with Crippen molar-refractivity contribution < 1.29 is 9.13 Å². The molecule has 0 saturated heterocycles. The Bertz CT molecular complexity index is 231.